The minimum absolute atomic E-state index is 0.261. The van der Waals surface area contributed by atoms with Crippen LogP contribution in [0.25, 0.3) is 27.8 Å². The maximum atomic E-state index is 13.0. The second-order valence-corrected chi connectivity index (χ2v) is 4.61. The molecule has 0 saturated carbocycles. The summed E-state index contributed by atoms with van der Waals surface area (Å²) < 4.78 is 14.7. The molecule has 0 saturated heterocycles. The van der Waals surface area contributed by atoms with Crippen LogP contribution in [0.15, 0.2) is 60.8 Å². The number of hydrogen-bond acceptors (Lipinski definition) is 2. The maximum absolute atomic E-state index is 13.0. The monoisotopic (exact) mass is 263 g/mol. The summed E-state index contributed by atoms with van der Waals surface area (Å²) in [5, 5.41) is 6.62. The lowest BCUT2D eigenvalue weighted by Gasteiger charge is -1.97. The second kappa shape index (κ2) is 4.13. The van der Waals surface area contributed by atoms with Crippen LogP contribution in [0, 0.1) is 5.82 Å². The van der Waals surface area contributed by atoms with Crippen molar-refractivity contribution in [2.24, 2.45) is 0 Å². The minimum atomic E-state index is -0.261. The SMILES string of the molecule is Fc1ccc(-c2nc3c4ccccc4ccn3n2)cc1. The van der Waals surface area contributed by atoms with Crippen molar-refractivity contribution in [3.63, 3.8) is 0 Å². The largest absolute Gasteiger partial charge is 0.220 e. The highest BCUT2D eigenvalue weighted by Crippen LogP contribution is 2.22. The Bertz CT molecular complexity index is 910. The third-order valence-electron chi connectivity index (χ3n) is 3.33. The molecule has 0 aliphatic carbocycles. The van der Waals surface area contributed by atoms with Gasteiger partial charge in [0, 0.05) is 17.1 Å². The van der Waals surface area contributed by atoms with Gasteiger partial charge in [-0.1, -0.05) is 24.3 Å². The maximum Gasteiger partial charge on any atom is 0.182 e. The molecule has 0 aliphatic heterocycles. The predicted molar refractivity (Wildman–Crippen MR) is 75.9 cm³/mol. The van der Waals surface area contributed by atoms with Gasteiger partial charge in [-0.2, -0.15) is 0 Å². The smallest absolute Gasteiger partial charge is 0.182 e. The summed E-state index contributed by atoms with van der Waals surface area (Å²) in [5.41, 5.74) is 1.61. The van der Waals surface area contributed by atoms with Gasteiger partial charge in [0.25, 0.3) is 0 Å². The molecule has 4 heteroatoms. The zero-order chi connectivity index (χ0) is 13.5. The Morgan fingerprint density at radius 1 is 0.900 bits per heavy atom. The van der Waals surface area contributed by atoms with Crippen molar-refractivity contribution in [3.8, 4) is 11.4 Å². The van der Waals surface area contributed by atoms with Crippen LogP contribution in [-0.2, 0) is 0 Å². The fourth-order valence-electron chi connectivity index (χ4n) is 2.33. The number of pyridine rings is 1. The fourth-order valence-corrected chi connectivity index (χ4v) is 2.33. The van der Waals surface area contributed by atoms with E-state index in [9.17, 15) is 4.39 Å². The Morgan fingerprint density at radius 3 is 2.55 bits per heavy atom. The van der Waals surface area contributed by atoms with Crippen molar-refractivity contribution < 1.29 is 4.39 Å². The van der Waals surface area contributed by atoms with Crippen molar-refractivity contribution >= 4 is 16.4 Å². The summed E-state index contributed by atoms with van der Waals surface area (Å²) in [6.07, 6.45) is 1.89. The first-order valence-electron chi connectivity index (χ1n) is 6.31. The van der Waals surface area contributed by atoms with E-state index in [0.717, 1.165) is 22.0 Å². The topological polar surface area (TPSA) is 30.2 Å². The molecule has 0 N–H and O–H groups in total. The van der Waals surface area contributed by atoms with Crippen LogP contribution in [0.1, 0.15) is 0 Å². The summed E-state index contributed by atoms with van der Waals surface area (Å²) in [7, 11) is 0. The molecule has 0 aliphatic rings. The molecule has 0 fully saturated rings. The zero-order valence-corrected chi connectivity index (χ0v) is 10.5. The van der Waals surface area contributed by atoms with Gasteiger partial charge in [0.2, 0.25) is 0 Å². The normalized spacial score (nSPS) is 11.2. The lowest BCUT2D eigenvalue weighted by atomic mass is 10.2. The average Bonchev–Trinajstić information content (AvgIpc) is 2.92. The van der Waals surface area contributed by atoms with Crippen molar-refractivity contribution in [3.05, 3.63) is 66.6 Å². The molecular formula is C16H10FN3. The van der Waals surface area contributed by atoms with E-state index in [4.69, 9.17) is 0 Å². The van der Waals surface area contributed by atoms with Crippen molar-refractivity contribution in [1.29, 1.82) is 0 Å². The molecular weight excluding hydrogens is 253 g/mol. The lowest BCUT2D eigenvalue weighted by molar-refractivity contribution is 0.628. The van der Waals surface area contributed by atoms with E-state index in [1.54, 1.807) is 16.6 Å². The summed E-state index contributed by atoms with van der Waals surface area (Å²) in [6, 6.07) is 16.3. The molecule has 0 amide bonds. The fraction of sp³-hybridized carbons (Fsp3) is 0. The second-order valence-electron chi connectivity index (χ2n) is 4.61. The van der Waals surface area contributed by atoms with E-state index >= 15 is 0 Å². The molecule has 0 unspecified atom stereocenters. The highest BCUT2D eigenvalue weighted by atomic mass is 19.1. The van der Waals surface area contributed by atoms with E-state index in [1.807, 2.05) is 36.5 Å². The van der Waals surface area contributed by atoms with Gasteiger partial charge in [0.1, 0.15) is 5.82 Å². The summed E-state index contributed by atoms with van der Waals surface area (Å²) >= 11 is 0. The summed E-state index contributed by atoms with van der Waals surface area (Å²) in [5.74, 6) is 0.337. The van der Waals surface area contributed by atoms with Gasteiger partial charge in [0.05, 0.1) is 0 Å². The molecule has 2 heterocycles. The molecule has 96 valence electrons. The van der Waals surface area contributed by atoms with Crippen LogP contribution in [0.3, 0.4) is 0 Å². The van der Waals surface area contributed by atoms with Crippen LogP contribution < -0.4 is 0 Å². The van der Waals surface area contributed by atoms with Crippen molar-refractivity contribution in [2.75, 3.05) is 0 Å². The van der Waals surface area contributed by atoms with Gasteiger partial charge < -0.3 is 0 Å². The molecule has 3 nitrogen and oxygen atoms in total. The zero-order valence-electron chi connectivity index (χ0n) is 10.5. The van der Waals surface area contributed by atoms with Gasteiger partial charge in [-0.25, -0.2) is 13.9 Å². The molecule has 20 heavy (non-hydrogen) atoms. The number of fused-ring (bicyclic) bond motifs is 3. The van der Waals surface area contributed by atoms with Crippen LogP contribution in [-0.4, -0.2) is 14.6 Å². The molecule has 4 rings (SSSR count). The number of hydrogen-bond donors (Lipinski definition) is 0. The quantitative estimate of drug-likeness (QED) is 0.524. The van der Waals surface area contributed by atoms with E-state index in [1.165, 1.54) is 12.1 Å². The van der Waals surface area contributed by atoms with Crippen LogP contribution in [0.4, 0.5) is 4.39 Å². The molecule has 2 aromatic carbocycles. The highest BCUT2D eigenvalue weighted by molar-refractivity contribution is 5.94. The lowest BCUT2D eigenvalue weighted by Crippen LogP contribution is -1.87. The van der Waals surface area contributed by atoms with Gasteiger partial charge in [-0.05, 0) is 35.7 Å². The average molecular weight is 263 g/mol. The van der Waals surface area contributed by atoms with Crippen molar-refractivity contribution in [2.45, 2.75) is 0 Å². The van der Waals surface area contributed by atoms with E-state index in [0.29, 0.717) is 5.82 Å². The van der Waals surface area contributed by atoms with Gasteiger partial charge in [0.15, 0.2) is 11.5 Å². The Labute approximate surface area is 114 Å². The van der Waals surface area contributed by atoms with E-state index < -0.39 is 0 Å². The third kappa shape index (κ3) is 1.66. The first-order chi connectivity index (χ1) is 9.81. The Kier molecular flexibility index (Phi) is 2.29. The standard InChI is InChI=1S/C16H10FN3/c17-13-7-5-12(6-8-13)15-18-16-14-4-2-1-3-11(14)9-10-20(16)19-15/h1-10H. The number of rotatable bonds is 1. The third-order valence-corrected chi connectivity index (χ3v) is 3.33. The van der Waals surface area contributed by atoms with Crippen LogP contribution in [0.5, 0.6) is 0 Å². The predicted octanol–water partition coefficient (Wildman–Crippen LogP) is 3.69. The highest BCUT2D eigenvalue weighted by Gasteiger charge is 2.08. The molecule has 0 radical (unpaired) electrons. The number of nitrogens with zero attached hydrogens (tertiary/aromatic N) is 3. The van der Waals surface area contributed by atoms with E-state index in [2.05, 4.69) is 10.1 Å². The van der Waals surface area contributed by atoms with Gasteiger partial charge >= 0.3 is 0 Å². The van der Waals surface area contributed by atoms with E-state index in [-0.39, 0.29) is 5.82 Å². The minimum Gasteiger partial charge on any atom is -0.220 e. The van der Waals surface area contributed by atoms with Gasteiger partial charge in [-0.15, -0.1) is 5.10 Å². The summed E-state index contributed by atoms with van der Waals surface area (Å²) in [4.78, 5) is 4.57. The molecule has 0 bridgehead atoms. The molecule has 0 spiro atoms. The molecule has 2 aromatic heterocycles. The molecule has 4 aromatic rings. The number of aromatic nitrogens is 3. The Hall–Kier alpha value is -2.75. The first kappa shape index (κ1) is 11.1. The van der Waals surface area contributed by atoms with Crippen LogP contribution in [0.2, 0.25) is 0 Å². The van der Waals surface area contributed by atoms with Gasteiger partial charge in [-0.3, -0.25) is 0 Å². The van der Waals surface area contributed by atoms with Crippen molar-refractivity contribution in [1.82, 2.24) is 14.6 Å². The molecule has 0 atom stereocenters. The first-order valence-corrected chi connectivity index (χ1v) is 6.31. The Morgan fingerprint density at radius 2 is 1.70 bits per heavy atom. The Balaban J connectivity index is 1.98. The summed E-state index contributed by atoms with van der Waals surface area (Å²) in [6.45, 7) is 0. The number of halogens is 1. The van der Waals surface area contributed by atoms with Crippen LogP contribution >= 0.6 is 0 Å². The number of benzene rings is 2.